The molecule has 1 fully saturated rings. The van der Waals surface area contributed by atoms with Crippen LogP contribution in [0.1, 0.15) is 51.2 Å². The van der Waals surface area contributed by atoms with Crippen LogP contribution < -0.4 is 15.4 Å². The van der Waals surface area contributed by atoms with Crippen molar-refractivity contribution in [2.45, 2.75) is 64.4 Å². The Hall–Kier alpha value is -1.64. The fourth-order valence-electron chi connectivity index (χ4n) is 3.50. The van der Waals surface area contributed by atoms with E-state index >= 15 is 0 Å². The Kier molecular flexibility index (Phi) is 8.72. The lowest BCUT2D eigenvalue weighted by molar-refractivity contribution is 0.203. The second kappa shape index (κ2) is 10.8. The standard InChI is InChI=1S/C20H34N4O3S/c1-16(2)23-28(26,27)15-19-10-6-5-9-18(19)13-21-20(25)22-17(3)14-24-11-7-4-8-12-24/h5-6,9-10,16-17,23H,4,7-8,11-15H2,1-3H3,(H2,21,22,25). The molecule has 1 saturated heterocycles. The summed E-state index contributed by atoms with van der Waals surface area (Å²) >= 11 is 0. The number of carbonyl (C=O) groups excluding carboxylic acids is 1. The number of likely N-dealkylation sites (tertiary alicyclic amines) is 1. The van der Waals surface area contributed by atoms with Crippen LogP contribution in [-0.4, -0.2) is 51.1 Å². The number of amides is 2. The molecule has 1 atom stereocenters. The molecule has 3 N–H and O–H groups in total. The number of nitrogens with zero attached hydrogens (tertiary/aromatic N) is 1. The van der Waals surface area contributed by atoms with Gasteiger partial charge in [0.25, 0.3) is 0 Å². The molecule has 2 amide bonds. The summed E-state index contributed by atoms with van der Waals surface area (Å²) in [5, 5.41) is 5.82. The van der Waals surface area contributed by atoms with E-state index in [0.29, 0.717) is 5.56 Å². The largest absolute Gasteiger partial charge is 0.334 e. The first-order valence-electron chi connectivity index (χ1n) is 10.1. The van der Waals surface area contributed by atoms with Crippen LogP contribution >= 0.6 is 0 Å². The van der Waals surface area contributed by atoms with Crippen LogP contribution in [0, 0.1) is 0 Å². The zero-order valence-corrected chi connectivity index (χ0v) is 18.0. The average Bonchev–Trinajstić information content (AvgIpc) is 2.60. The molecule has 0 spiro atoms. The van der Waals surface area contributed by atoms with Crippen molar-refractivity contribution in [1.29, 1.82) is 0 Å². The summed E-state index contributed by atoms with van der Waals surface area (Å²) in [5.41, 5.74) is 1.49. The quantitative estimate of drug-likeness (QED) is 0.582. The summed E-state index contributed by atoms with van der Waals surface area (Å²) in [6.45, 7) is 8.92. The maximum atomic E-state index is 12.2. The van der Waals surface area contributed by atoms with E-state index in [1.54, 1.807) is 19.9 Å². The number of hydrogen-bond acceptors (Lipinski definition) is 4. The third kappa shape index (κ3) is 8.16. The number of sulfonamides is 1. The monoisotopic (exact) mass is 410 g/mol. The smallest absolute Gasteiger partial charge is 0.315 e. The van der Waals surface area contributed by atoms with E-state index in [4.69, 9.17) is 0 Å². The van der Waals surface area contributed by atoms with Crippen LogP contribution in [0.15, 0.2) is 24.3 Å². The number of benzene rings is 1. The number of rotatable bonds is 9. The Balaban J connectivity index is 1.85. The summed E-state index contributed by atoms with van der Waals surface area (Å²) in [5.74, 6) is -0.101. The lowest BCUT2D eigenvalue weighted by Gasteiger charge is -2.29. The van der Waals surface area contributed by atoms with E-state index < -0.39 is 10.0 Å². The second-order valence-corrected chi connectivity index (χ2v) is 9.64. The van der Waals surface area contributed by atoms with E-state index in [1.165, 1.54) is 19.3 Å². The van der Waals surface area contributed by atoms with Gasteiger partial charge in [-0.1, -0.05) is 30.7 Å². The van der Waals surface area contributed by atoms with Gasteiger partial charge in [0.05, 0.1) is 5.75 Å². The summed E-state index contributed by atoms with van der Waals surface area (Å²) in [4.78, 5) is 14.6. The fourth-order valence-corrected chi connectivity index (χ4v) is 4.99. The third-order valence-corrected chi connectivity index (χ3v) is 6.20. The van der Waals surface area contributed by atoms with Gasteiger partial charge in [0, 0.05) is 25.2 Å². The minimum absolute atomic E-state index is 0.0592. The first-order chi connectivity index (χ1) is 13.2. The molecule has 0 aliphatic carbocycles. The van der Waals surface area contributed by atoms with Crippen molar-refractivity contribution in [3.8, 4) is 0 Å². The van der Waals surface area contributed by atoms with E-state index in [0.717, 1.165) is 25.2 Å². The minimum Gasteiger partial charge on any atom is -0.334 e. The van der Waals surface area contributed by atoms with Gasteiger partial charge >= 0.3 is 6.03 Å². The van der Waals surface area contributed by atoms with Gasteiger partial charge in [0.2, 0.25) is 10.0 Å². The van der Waals surface area contributed by atoms with Gasteiger partial charge in [-0.3, -0.25) is 0 Å². The predicted molar refractivity (Wildman–Crippen MR) is 112 cm³/mol. The van der Waals surface area contributed by atoms with Crippen LogP contribution in [0.25, 0.3) is 0 Å². The molecule has 0 aromatic heterocycles. The minimum atomic E-state index is -3.41. The van der Waals surface area contributed by atoms with Crippen molar-refractivity contribution < 1.29 is 13.2 Å². The lowest BCUT2D eigenvalue weighted by Crippen LogP contribution is -2.47. The van der Waals surface area contributed by atoms with Gasteiger partial charge in [-0.2, -0.15) is 0 Å². The van der Waals surface area contributed by atoms with Crippen molar-refractivity contribution in [2.75, 3.05) is 19.6 Å². The second-order valence-electron chi connectivity index (χ2n) is 7.89. The van der Waals surface area contributed by atoms with Crippen LogP contribution in [0.5, 0.6) is 0 Å². The number of hydrogen-bond donors (Lipinski definition) is 3. The van der Waals surface area contributed by atoms with Crippen molar-refractivity contribution in [3.63, 3.8) is 0 Å². The highest BCUT2D eigenvalue weighted by Crippen LogP contribution is 2.13. The van der Waals surface area contributed by atoms with Gasteiger partial charge in [0.15, 0.2) is 0 Å². The first kappa shape index (κ1) is 22.6. The Bertz CT molecular complexity index is 731. The van der Waals surface area contributed by atoms with Crippen LogP contribution in [-0.2, 0) is 22.3 Å². The molecule has 1 unspecified atom stereocenters. The predicted octanol–water partition coefficient (Wildman–Crippen LogP) is 2.19. The molecule has 1 aliphatic heterocycles. The molecule has 0 radical (unpaired) electrons. The number of nitrogens with one attached hydrogen (secondary N) is 3. The Morgan fingerprint density at radius 3 is 2.36 bits per heavy atom. The highest BCUT2D eigenvalue weighted by atomic mass is 32.2. The van der Waals surface area contributed by atoms with E-state index in [2.05, 4.69) is 20.3 Å². The van der Waals surface area contributed by atoms with E-state index in [1.807, 2.05) is 25.1 Å². The third-order valence-electron chi connectivity index (χ3n) is 4.68. The summed E-state index contributed by atoms with van der Waals surface area (Å²) in [7, 11) is -3.41. The molecule has 0 bridgehead atoms. The molecule has 158 valence electrons. The van der Waals surface area contributed by atoms with E-state index in [9.17, 15) is 13.2 Å². The van der Waals surface area contributed by atoms with Crippen molar-refractivity contribution in [1.82, 2.24) is 20.3 Å². The topological polar surface area (TPSA) is 90.5 Å². The summed E-state index contributed by atoms with van der Waals surface area (Å²) in [6.07, 6.45) is 3.75. The van der Waals surface area contributed by atoms with Crippen LogP contribution in [0.4, 0.5) is 4.79 Å². The van der Waals surface area contributed by atoms with Gasteiger partial charge in [-0.05, 0) is 57.8 Å². The molecule has 1 aliphatic rings. The highest BCUT2D eigenvalue weighted by Gasteiger charge is 2.17. The Labute approximate surface area is 169 Å². The van der Waals surface area contributed by atoms with Crippen LogP contribution in [0.3, 0.4) is 0 Å². The zero-order valence-electron chi connectivity index (χ0n) is 17.2. The number of carbonyl (C=O) groups is 1. The maximum Gasteiger partial charge on any atom is 0.315 e. The van der Waals surface area contributed by atoms with Gasteiger partial charge in [-0.15, -0.1) is 0 Å². The van der Waals surface area contributed by atoms with Gasteiger partial charge in [0.1, 0.15) is 0 Å². The highest BCUT2D eigenvalue weighted by molar-refractivity contribution is 7.88. The lowest BCUT2D eigenvalue weighted by atomic mass is 10.1. The summed E-state index contributed by atoms with van der Waals surface area (Å²) in [6, 6.07) is 6.96. The molecule has 1 aromatic carbocycles. The van der Waals surface area contributed by atoms with Gasteiger partial charge in [-0.25, -0.2) is 17.9 Å². The summed E-state index contributed by atoms with van der Waals surface area (Å²) < 4.78 is 27.0. The molecular weight excluding hydrogens is 376 g/mol. The normalized spacial score (nSPS) is 16.7. The average molecular weight is 411 g/mol. The van der Waals surface area contributed by atoms with Crippen molar-refractivity contribution in [2.24, 2.45) is 0 Å². The van der Waals surface area contributed by atoms with Gasteiger partial charge < -0.3 is 15.5 Å². The van der Waals surface area contributed by atoms with Crippen molar-refractivity contribution >= 4 is 16.1 Å². The molecule has 1 heterocycles. The number of piperidine rings is 1. The van der Waals surface area contributed by atoms with Crippen LogP contribution in [0.2, 0.25) is 0 Å². The molecule has 0 saturated carbocycles. The maximum absolute atomic E-state index is 12.2. The fraction of sp³-hybridized carbons (Fsp3) is 0.650. The zero-order chi connectivity index (χ0) is 20.6. The molecule has 28 heavy (non-hydrogen) atoms. The van der Waals surface area contributed by atoms with E-state index in [-0.39, 0.29) is 30.4 Å². The Morgan fingerprint density at radius 1 is 1.07 bits per heavy atom. The molecular formula is C20H34N4O3S. The first-order valence-corrected chi connectivity index (χ1v) is 11.7. The number of urea groups is 1. The molecule has 1 aromatic rings. The molecule has 8 heteroatoms. The Morgan fingerprint density at radius 2 is 1.71 bits per heavy atom. The molecule has 2 rings (SSSR count). The van der Waals surface area contributed by atoms with Crippen molar-refractivity contribution in [3.05, 3.63) is 35.4 Å². The SMILES string of the molecule is CC(C)NS(=O)(=O)Cc1ccccc1CNC(=O)NC(C)CN1CCCCC1. The molecule has 7 nitrogen and oxygen atoms in total.